The average molecular weight is 193 g/mol. The molecule has 1 aliphatic rings. The number of piperidine rings is 1. The molecule has 0 radical (unpaired) electrons. The highest BCUT2D eigenvalue weighted by Gasteiger charge is 2.14. The fourth-order valence-electron chi connectivity index (χ4n) is 2.02. The van der Waals surface area contributed by atoms with Crippen molar-refractivity contribution in [1.82, 2.24) is 5.32 Å². The normalized spacial score (nSPS) is 22.3. The molecule has 0 amide bonds. The van der Waals surface area contributed by atoms with Gasteiger partial charge in [-0.25, -0.2) is 4.39 Å². The lowest BCUT2D eigenvalue weighted by Gasteiger charge is -2.24. The summed E-state index contributed by atoms with van der Waals surface area (Å²) in [5.41, 5.74) is 1.97. The van der Waals surface area contributed by atoms with Gasteiger partial charge in [0, 0.05) is 6.04 Å². The van der Waals surface area contributed by atoms with Crippen LogP contribution in [0.5, 0.6) is 0 Å². The average Bonchev–Trinajstić information content (AvgIpc) is 2.23. The van der Waals surface area contributed by atoms with Crippen molar-refractivity contribution in [2.45, 2.75) is 32.2 Å². The highest BCUT2D eigenvalue weighted by Crippen LogP contribution is 2.24. The van der Waals surface area contributed by atoms with Gasteiger partial charge >= 0.3 is 0 Å². The Kier molecular flexibility index (Phi) is 2.82. The Morgan fingerprint density at radius 3 is 2.86 bits per heavy atom. The molecule has 1 nitrogen and oxygen atoms in total. The van der Waals surface area contributed by atoms with Gasteiger partial charge in [0.1, 0.15) is 5.82 Å². The first-order valence-electron chi connectivity index (χ1n) is 5.27. The van der Waals surface area contributed by atoms with Gasteiger partial charge in [-0.2, -0.15) is 0 Å². The standard InChI is InChI=1S/C12H16FN/c1-9-8-10(5-6-11(9)13)12-4-2-3-7-14-12/h5-6,8,12,14H,2-4,7H2,1H3/t12-/m0/s1. The third kappa shape index (κ3) is 1.95. The number of benzene rings is 1. The second-order valence-electron chi connectivity index (χ2n) is 4.01. The van der Waals surface area contributed by atoms with E-state index in [4.69, 9.17) is 0 Å². The van der Waals surface area contributed by atoms with Crippen LogP contribution in [0.3, 0.4) is 0 Å². The first-order chi connectivity index (χ1) is 6.77. The SMILES string of the molecule is Cc1cc([C@@H]2CCCCN2)ccc1F. The molecule has 1 aliphatic heterocycles. The zero-order valence-electron chi connectivity index (χ0n) is 8.52. The van der Waals surface area contributed by atoms with Crippen LogP contribution in [0.2, 0.25) is 0 Å². The second kappa shape index (κ2) is 4.09. The maximum absolute atomic E-state index is 13.0. The van der Waals surface area contributed by atoms with Crippen molar-refractivity contribution in [3.63, 3.8) is 0 Å². The Morgan fingerprint density at radius 1 is 1.36 bits per heavy atom. The molecular formula is C12H16FN. The number of aryl methyl sites for hydroxylation is 1. The monoisotopic (exact) mass is 193 g/mol. The van der Waals surface area contributed by atoms with Gasteiger partial charge in [-0.15, -0.1) is 0 Å². The van der Waals surface area contributed by atoms with Crippen molar-refractivity contribution >= 4 is 0 Å². The van der Waals surface area contributed by atoms with E-state index in [-0.39, 0.29) is 5.82 Å². The van der Waals surface area contributed by atoms with Crippen molar-refractivity contribution in [1.29, 1.82) is 0 Å². The van der Waals surface area contributed by atoms with Gasteiger partial charge < -0.3 is 5.32 Å². The Balaban J connectivity index is 2.18. The third-order valence-electron chi connectivity index (χ3n) is 2.89. The van der Waals surface area contributed by atoms with E-state index in [2.05, 4.69) is 5.32 Å². The highest BCUT2D eigenvalue weighted by atomic mass is 19.1. The fourth-order valence-corrected chi connectivity index (χ4v) is 2.02. The van der Waals surface area contributed by atoms with E-state index in [9.17, 15) is 4.39 Å². The van der Waals surface area contributed by atoms with Gasteiger partial charge in [-0.3, -0.25) is 0 Å². The summed E-state index contributed by atoms with van der Waals surface area (Å²) in [6.07, 6.45) is 3.70. The Morgan fingerprint density at radius 2 is 2.21 bits per heavy atom. The van der Waals surface area contributed by atoms with Gasteiger partial charge in [-0.1, -0.05) is 18.6 Å². The van der Waals surface area contributed by atoms with Crippen molar-refractivity contribution in [3.05, 3.63) is 35.1 Å². The molecule has 2 rings (SSSR count). The van der Waals surface area contributed by atoms with Gasteiger partial charge in [0.05, 0.1) is 0 Å². The highest BCUT2D eigenvalue weighted by molar-refractivity contribution is 5.26. The second-order valence-corrected chi connectivity index (χ2v) is 4.01. The summed E-state index contributed by atoms with van der Waals surface area (Å²) in [6.45, 7) is 2.91. The van der Waals surface area contributed by atoms with E-state index >= 15 is 0 Å². The molecule has 0 aromatic heterocycles. The summed E-state index contributed by atoms with van der Waals surface area (Å²) in [7, 11) is 0. The summed E-state index contributed by atoms with van der Waals surface area (Å²) in [5.74, 6) is -0.107. The largest absolute Gasteiger partial charge is 0.310 e. The molecule has 0 bridgehead atoms. The van der Waals surface area contributed by atoms with Gasteiger partial charge in [-0.05, 0) is 43.5 Å². The molecule has 1 aromatic rings. The molecule has 1 atom stereocenters. The van der Waals surface area contributed by atoms with Gasteiger partial charge in [0.2, 0.25) is 0 Å². The summed E-state index contributed by atoms with van der Waals surface area (Å²) in [6, 6.07) is 5.85. The van der Waals surface area contributed by atoms with Crippen molar-refractivity contribution in [2.75, 3.05) is 6.54 Å². The number of nitrogens with one attached hydrogen (secondary N) is 1. The van der Waals surface area contributed by atoms with Gasteiger partial charge in [0.15, 0.2) is 0 Å². The topological polar surface area (TPSA) is 12.0 Å². The van der Waals surface area contributed by atoms with E-state index in [0.29, 0.717) is 6.04 Å². The summed E-state index contributed by atoms with van der Waals surface area (Å²) < 4.78 is 13.0. The minimum atomic E-state index is -0.107. The zero-order valence-corrected chi connectivity index (χ0v) is 8.52. The van der Waals surface area contributed by atoms with Crippen molar-refractivity contribution < 1.29 is 4.39 Å². The van der Waals surface area contributed by atoms with Crippen LogP contribution in [-0.4, -0.2) is 6.54 Å². The molecular weight excluding hydrogens is 177 g/mol. The lowest BCUT2D eigenvalue weighted by atomic mass is 9.96. The molecule has 0 aliphatic carbocycles. The van der Waals surface area contributed by atoms with E-state index in [1.807, 2.05) is 19.1 Å². The van der Waals surface area contributed by atoms with Crippen molar-refractivity contribution in [3.8, 4) is 0 Å². The number of hydrogen-bond acceptors (Lipinski definition) is 1. The Bertz CT molecular complexity index is 316. The maximum atomic E-state index is 13.0. The molecule has 0 saturated carbocycles. The summed E-state index contributed by atoms with van der Waals surface area (Å²) >= 11 is 0. The Hall–Kier alpha value is -0.890. The zero-order chi connectivity index (χ0) is 9.97. The molecule has 2 heteroatoms. The molecule has 76 valence electrons. The van der Waals surface area contributed by atoms with E-state index in [1.165, 1.54) is 24.8 Å². The molecule has 0 spiro atoms. The van der Waals surface area contributed by atoms with Crippen LogP contribution in [-0.2, 0) is 0 Å². The maximum Gasteiger partial charge on any atom is 0.126 e. The van der Waals surface area contributed by atoms with Crippen molar-refractivity contribution in [2.24, 2.45) is 0 Å². The minimum absolute atomic E-state index is 0.107. The van der Waals surface area contributed by atoms with E-state index < -0.39 is 0 Å². The molecule has 1 heterocycles. The predicted molar refractivity (Wildman–Crippen MR) is 55.7 cm³/mol. The third-order valence-corrected chi connectivity index (χ3v) is 2.89. The molecule has 1 saturated heterocycles. The van der Waals surface area contributed by atoms with Crippen LogP contribution in [0.4, 0.5) is 4.39 Å². The Labute approximate surface area is 84.3 Å². The van der Waals surface area contributed by atoms with Crippen LogP contribution < -0.4 is 5.32 Å². The van der Waals surface area contributed by atoms with Gasteiger partial charge in [0.25, 0.3) is 0 Å². The van der Waals surface area contributed by atoms with Crippen LogP contribution in [0.1, 0.15) is 36.4 Å². The number of halogens is 1. The van der Waals surface area contributed by atoms with E-state index in [0.717, 1.165) is 12.1 Å². The summed E-state index contributed by atoms with van der Waals surface area (Å²) in [4.78, 5) is 0. The van der Waals surface area contributed by atoms with Crippen LogP contribution in [0, 0.1) is 12.7 Å². The number of hydrogen-bond donors (Lipinski definition) is 1. The number of rotatable bonds is 1. The molecule has 14 heavy (non-hydrogen) atoms. The van der Waals surface area contributed by atoms with Crippen LogP contribution >= 0.6 is 0 Å². The van der Waals surface area contributed by atoms with E-state index in [1.54, 1.807) is 6.07 Å². The lowest BCUT2D eigenvalue weighted by Crippen LogP contribution is -2.26. The van der Waals surface area contributed by atoms with Crippen LogP contribution in [0.25, 0.3) is 0 Å². The first-order valence-corrected chi connectivity index (χ1v) is 5.27. The quantitative estimate of drug-likeness (QED) is 0.723. The predicted octanol–water partition coefficient (Wildman–Crippen LogP) is 2.95. The lowest BCUT2D eigenvalue weighted by molar-refractivity contribution is 0.411. The smallest absolute Gasteiger partial charge is 0.126 e. The molecule has 1 aromatic carbocycles. The molecule has 1 N–H and O–H groups in total. The first kappa shape index (κ1) is 9.66. The fraction of sp³-hybridized carbons (Fsp3) is 0.500. The summed E-state index contributed by atoms with van der Waals surface area (Å²) in [5, 5.41) is 3.46. The van der Waals surface area contributed by atoms with Crippen LogP contribution in [0.15, 0.2) is 18.2 Å². The molecule has 0 unspecified atom stereocenters. The molecule has 1 fully saturated rings. The minimum Gasteiger partial charge on any atom is -0.310 e.